The second-order valence-electron chi connectivity index (χ2n) is 5.93. The van der Waals surface area contributed by atoms with Gasteiger partial charge in [0.1, 0.15) is 5.82 Å². The van der Waals surface area contributed by atoms with Crippen molar-refractivity contribution in [3.8, 4) is 0 Å². The zero-order chi connectivity index (χ0) is 17.1. The smallest absolute Gasteiger partial charge is 0.269 e. The van der Waals surface area contributed by atoms with Gasteiger partial charge in [0.05, 0.1) is 17.2 Å². The highest BCUT2D eigenvalue weighted by molar-refractivity contribution is 5.59. The summed E-state index contributed by atoms with van der Waals surface area (Å²) in [5.41, 5.74) is 1.71. The summed E-state index contributed by atoms with van der Waals surface area (Å²) in [5, 5.41) is 26.1. The van der Waals surface area contributed by atoms with Crippen molar-refractivity contribution in [2.45, 2.75) is 31.7 Å². The summed E-state index contributed by atoms with van der Waals surface area (Å²) < 4.78 is 0. The lowest BCUT2D eigenvalue weighted by Crippen LogP contribution is -2.21. The fourth-order valence-corrected chi connectivity index (χ4v) is 2.26. The molecule has 1 aromatic carbocycles. The molecule has 0 radical (unpaired) electrons. The predicted molar refractivity (Wildman–Crippen MR) is 90.6 cm³/mol. The van der Waals surface area contributed by atoms with Crippen molar-refractivity contribution in [1.29, 1.82) is 0 Å². The fraction of sp³-hybridized carbons (Fsp3) is 0.375. The normalized spacial score (nSPS) is 14.9. The number of anilines is 3. The van der Waals surface area contributed by atoms with E-state index < -0.39 is 4.92 Å². The highest BCUT2D eigenvalue weighted by Gasteiger charge is 2.26. The molecule has 0 bridgehead atoms. The van der Waals surface area contributed by atoms with Crippen LogP contribution >= 0.6 is 0 Å². The molecule has 24 heavy (non-hydrogen) atoms. The average molecular weight is 329 g/mol. The number of aliphatic hydroxyl groups excluding tert-OH is 1. The summed E-state index contributed by atoms with van der Waals surface area (Å²) >= 11 is 0. The second-order valence-corrected chi connectivity index (χ2v) is 5.93. The third kappa shape index (κ3) is 3.96. The highest BCUT2D eigenvalue weighted by Crippen LogP contribution is 2.40. The quantitative estimate of drug-likeness (QED) is 0.528. The number of nitrogens with zero attached hydrogens (tertiary/aromatic N) is 3. The van der Waals surface area contributed by atoms with Gasteiger partial charge in [-0.2, -0.15) is 4.98 Å². The standard InChI is InChI=1S/C16H19N5O3/c1-10(9-22)17-16-19-14(11-2-3-11)8-15(20-16)18-12-4-6-13(7-5-12)21(23)24/h4-8,10-11,22H,2-3,9H2,1H3,(H2,17,18,19,20)/t10-/m1/s1. The van der Waals surface area contributed by atoms with Gasteiger partial charge < -0.3 is 15.7 Å². The number of nitro groups is 1. The van der Waals surface area contributed by atoms with Crippen LogP contribution in [0.15, 0.2) is 30.3 Å². The fourth-order valence-electron chi connectivity index (χ4n) is 2.26. The van der Waals surface area contributed by atoms with Gasteiger partial charge >= 0.3 is 0 Å². The summed E-state index contributed by atoms with van der Waals surface area (Å²) in [6.07, 6.45) is 2.23. The van der Waals surface area contributed by atoms with Crippen molar-refractivity contribution in [2.75, 3.05) is 17.2 Å². The van der Waals surface area contributed by atoms with Gasteiger partial charge in [-0.25, -0.2) is 4.98 Å². The zero-order valence-electron chi connectivity index (χ0n) is 13.3. The number of non-ortho nitro benzene ring substituents is 1. The Balaban J connectivity index is 1.81. The van der Waals surface area contributed by atoms with Crippen LogP contribution in [-0.4, -0.2) is 32.6 Å². The molecule has 0 spiro atoms. The minimum atomic E-state index is -0.433. The number of hydrogen-bond donors (Lipinski definition) is 3. The summed E-state index contributed by atoms with van der Waals surface area (Å²) in [7, 11) is 0. The number of aromatic nitrogens is 2. The van der Waals surface area contributed by atoms with Gasteiger partial charge in [0.2, 0.25) is 5.95 Å². The lowest BCUT2D eigenvalue weighted by molar-refractivity contribution is -0.384. The molecule has 1 heterocycles. The first-order valence-corrected chi connectivity index (χ1v) is 7.83. The molecule has 2 aromatic rings. The number of benzene rings is 1. The molecule has 3 N–H and O–H groups in total. The molecule has 8 heteroatoms. The van der Waals surface area contributed by atoms with E-state index in [4.69, 9.17) is 0 Å². The van der Waals surface area contributed by atoms with E-state index >= 15 is 0 Å². The number of nitro benzene ring substituents is 1. The van der Waals surface area contributed by atoms with E-state index in [1.54, 1.807) is 12.1 Å². The molecule has 1 fully saturated rings. The Morgan fingerprint density at radius 2 is 2.04 bits per heavy atom. The van der Waals surface area contributed by atoms with Crippen LogP contribution in [0, 0.1) is 10.1 Å². The van der Waals surface area contributed by atoms with Crippen molar-refractivity contribution in [3.05, 3.63) is 46.1 Å². The van der Waals surface area contributed by atoms with Crippen LogP contribution in [0.3, 0.4) is 0 Å². The summed E-state index contributed by atoms with van der Waals surface area (Å²) in [6.45, 7) is 1.83. The van der Waals surface area contributed by atoms with Gasteiger partial charge in [0, 0.05) is 35.8 Å². The molecule has 0 amide bonds. The van der Waals surface area contributed by atoms with Gasteiger partial charge in [0.25, 0.3) is 5.69 Å². The molecule has 0 aliphatic heterocycles. The molecule has 1 atom stereocenters. The second kappa shape index (κ2) is 6.79. The first-order chi connectivity index (χ1) is 11.5. The average Bonchev–Trinajstić information content (AvgIpc) is 3.40. The van der Waals surface area contributed by atoms with Crippen LogP contribution < -0.4 is 10.6 Å². The third-order valence-corrected chi connectivity index (χ3v) is 3.74. The monoisotopic (exact) mass is 329 g/mol. The molecule has 1 aromatic heterocycles. The molecule has 8 nitrogen and oxygen atoms in total. The Hall–Kier alpha value is -2.74. The molecule has 1 saturated carbocycles. The van der Waals surface area contributed by atoms with Crippen LogP contribution in [-0.2, 0) is 0 Å². The molecule has 3 rings (SSSR count). The van der Waals surface area contributed by atoms with E-state index in [0.717, 1.165) is 18.5 Å². The van der Waals surface area contributed by atoms with Crippen LogP contribution in [0.4, 0.5) is 23.1 Å². The highest BCUT2D eigenvalue weighted by atomic mass is 16.6. The van der Waals surface area contributed by atoms with E-state index in [2.05, 4.69) is 20.6 Å². The Morgan fingerprint density at radius 1 is 1.33 bits per heavy atom. The number of nitrogens with one attached hydrogen (secondary N) is 2. The van der Waals surface area contributed by atoms with E-state index in [1.165, 1.54) is 12.1 Å². The Labute approximate surface area is 139 Å². The van der Waals surface area contributed by atoms with Gasteiger partial charge in [0.15, 0.2) is 0 Å². The SMILES string of the molecule is C[C@H](CO)Nc1nc(Nc2ccc([N+](=O)[O-])cc2)cc(C2CC2)n1. The van der Waals surface area contributed by atoms with Crippen molar-refractivity contribution in [1.82, 2.24) is 9.97 Å². The number of hydrogen-bond acceptors (Lipinski definition) is 7. The molecular weight excluding hydrogens is 310 g/mol. The Kier molecular flexibility index (Phi) is 4.57. The van der Waals surface area contributed by atoms with Crippen molar-refractivity contribution >= 4 is 23.1 Å². The van der Waals surface area contributed by atoms with Gasteiger partial charge in [-0.1, -0.05) is 0 Å². The number of aliphatic hydroxyl groups is 1. The lowest BCUT2D eigenvalue weighted by atomic mass is 10.2. The van der Waals surface area contributed by atoms with Crippen molar-refractivity contribution < 1.29 is 10.0 Å². The number of rotatable bonds is 7. The zero-order valence-corrected chi connectivity index (χ0v) is 13.3. The summed E-state index contributed by atoms with van der Waals surface area (Å²) in [4.78, 5) is 19.2. The largest absolute Gasteiger partial charge is 0.394 e. The molecule has 0 saturated heterocycles. The molecule has 1 aliphatic carbocycles. The predicted octanol–water partition coefficient (Wildman–Crippen LogP) is 2.80. The minimum Gasteiger partial charge on any atom is -0.394 e. The Bertz CT molecular complexity index is 731. The van der Waals surface area contributed by atoms with Crippen LogP contribution in [0.5, 0.6) is 0 Å². The minimum absolute atomic E-state index is 0.0118. The Morgan fingerprint density at radius 3 is 2.62 bits per heavy atom. The van der Waals surface area contributed by atoms with Gasteiger partial charge in [-0.15, -0.1) is 0 Å². The van der Waals surface area contributed by atoms with E-state index in [-0.39, 0.29) is 18.3 Å². The maximum absolute atomic E-state index is 10.7. The van der Waals surface area contributed by atoms with E-state index in [1.807, 2.05) is 13.0 Å². The van der Waals surface area contributed by atoms with Crippen LogP contribution in [0.25, 0.3) is 0 Å². The van der Waals surface area contributed by atoms with Gasteiger partial charge in [-0.05, 0) is 31.9 Å². The first kappa shape index (κ1) is 16.1. The van der Waals surface area contributed by atoms with Crippen molar-refractivity contribution in [3.63, 3.8) is 0 Å². The van der Waals surface area contributed by atoms with E-state index in [0.29, 0.717) is 23.4 Å². The summed E-state index contributed by atoms with van der Waals surface area (Å²) in [5.74, 6) is 1.54. The molecule has 126 valence electrons. The molecule has 0 unspecified atom stereocenters. The maximum Gasteiger partial charge on any atom is 0.269 e. The molecule has 1 aliphatic rings. The maximum atomic E-state index is 10.7. The van der Waals surface area contributed by atoms with Crippen LogP contribution in [0.1, 0.15) is 31.4 Å². The van der Waals surface area contributed by atoms with Crippen molar-refractivity contribution in [2.24, 2.45) is 0 Å². The topological polar surface area (TPSA) is 113 Å². The van der Waals surface area contributed by atoms with Gasteiger partial charge in [-0.3, -0.25) is 10.1 Å². The van der Waals surface area contributed by atoms with E-state index in [9.17, 15) is 15.2 Å². The lowest BCUT2D eigenvalue weighted by Gasteiger charge is -2.14. The first-order valence-electron chi connectivity index (χ1n) is 7.83. The third-order valence-electron chi connectivity index (χ3n) is 3.74. The van der Waals surface area contributed by atoms with Crippen LogP contribution in [0.2, 0.25) is 0 Å². The molecular formula is C16H19N5O3. The summed E-state index contributed by atoms with van der Waals surface area (Å²) in [6, 6.07) is 7.91.